The van der Waals surface area contributed by atoms with Crippen LogP contribution in [-0.4, -0.2) is 24.8 Å². The normalized spacial score (nSPS) is 31.1. The van der Waals surface area contributed by atoms with Crippen LogP contribution in [0.25, 0.3) is 0 Å². The molecule has 0 saturated carbocycles. The van der Waals surface area contributed by atoms with E-state index in [0.717, 1.165) is 12.3 Å². The molecule has 1 saturated heterocycles. The zero-order valence-corrected chi connectivity index (χ0v) is 9.69. The smallest absolute Gasteiger partial charge is 0.125 e. The van der Waals surface area contributed by atoms with Gasteiger partial charge in [-0.1, -0.05) is 18.2 Å². The van der Waals surface area contributed by atoms with Gasteiger partial charge in [0.1, 0.15) is 18.5 Å². The van der Waals surface area contributed by atoms with Crippen molar-refractivity contribution in [1.29, 1.82) is 0 Å². The summed E-state index contributed by atoms with van der Waals surface area (Å²) in [4.78, 5) is 0. The highest BCUT2D eigenvalue weighted by atomic mass is 16.5. The zero-order valence-electron chi connectivity index (χ0n) is 9.69. The summed E-state index contributed by atoms with van der Waals surface area (Å²) in [5.41, 5.74) is 1.06. The maximum Gasteiger partial charge on any atom is 0.125 e. The number of fused-ring (bicyclic) bond motifs is 3. The van der Waals surface area contributed by atoms with Gasteiger partial charge in [0.25, 0.3) is 0 Å². The van der Waals surface area contributed by atoms with Gasteiger partial charge in [0.2, 0.25) is 0 Å². The minimum atomic E-state index is -0.106. The van der Waals surface area contributed by atoms with Gasteiger partial charge in [0, 0.05) is 12.1 Å². The third-order valence-electron chi connectivity index (χ3n) is 3.25. The van der Waals surface area contributed by atoms with E-state index in [2.05, 4.69) is 25.2 Å². The highest BCUT2D eigenvalue weighted by molar-refractivity contribution is 5.38. The van der Waals surface area contributed by atoms with Crippen molar-refractivity contribution in [3.8, 4) is 5.75 Å². The van der Waals surface area contributed by atoms with Crippen molar-refractivity contribution in [3.05, 3.63) is 29.8 Å². The highest BCUT2D eigenvalue weighted by Crippen LogP contribution is 2.38. The minimum absolute atomic E-state index is 0.106. The second-order valence-corrected chi connectivity index (χ2v) is 5.13. The molecule has 1 fully saturated rings. The summed E-state index contributed by atoms with van der Waals surface area (Å²) in [7, 11) is 0. The van der Waals surface area contributed by atoms with Gasteiger partial charge in [-0.2, -0.15) is 0 Å². The molecule has 1 aromatic carbocycles. The molecule has 0 aliphatic carbocycles. The lowest BCUT2D eigenvalue weighted by Gasteiger charge is -2.44. The van der Waals surface area contributed by atoms with Crippen LogP contribution in [0.4, 0.5) is 0 Å². The van der Waals surface area contributed by atoms with Crippen molar-refractivity contribution in [1.82, 2.24) is 5.32 Å². The summed E-state index contributed by atoms with van der Waals surface area (Å²) in [5.74, 6) is 0.961. The van der Waals surface area contributed by atoms with Crippen molar-refractivity contribution in [2.24, 2.45) is 0 Å². The Labute approximate surface area is 95.8 Å². The maximum atomic E-state index is 6.16. The van der Waals surface area contributed by atoms with Gasteiger partial charge in [-0.05, 0) is 19.9 Å². The van der Waals surface area contributed by atoms with Crippen molar-refractivity contribution < 1.29 is 9.47 Å². The molecule has 1 N–H and O–H groups in total. The fourth-order valence-corrected chi connectivity index (χ4v) is 2.40. The average molecular weight is 219 g/mol. The van der Waals surface area contributed by atoms with Crippen LogP contribution >= 0.6 is 0 Å². The van der Waals surface area contributed by atoms with Crippen LogP contribution in [-0.2, 0) is 4.74 Å². The lowest BCUT2D eigenvalue weighted by Crippen LogP contribution is -2.56. The van der Waals surface area contributed by atoms with Gasteiger partial charge in [0.15, 0.2) is 0 Å². The topological polar surface area (TPSA) is 30.5 Å². The minimum Gasteiger partial charge on any atom is -0.491 e. The summed E-state index contributed by atoms with van der Waals surface area (Å²) in [6.45, 7) is 5.81. The largest absolute Gasteiger partial charge is 0.491 e. The van der Waals surface area contributed by atoms with Crippen LogP contribution in [0.3, 0.4) is 0 Å². The Hall–Kier alpha value is -1.06. The van der Waals surface area contributed by atoms with E-state index in [0.29, 0.717) is 6.61 Å². The van der Waals surface area contributed by atoms with E-state index in [4.69, 9.17) is 9.47 Å². The molecule has 2 aliphatic heterocycles. The van der Waals surface area contributed by atoms with E-state index >= 15 is 0 Å². The predicted molar refractivity (Wildman–Crippen MR) is 61.6 cm³/mol. The molecule has 86 valence electrons. The van der Waals surface area contributed by atoms with Gasteiger partial charge in [-0.3, -0.25) is 0 Å². The summed E-state index contributed by atoms with van der Waals surface area (Å²) < 4.78 is 11.9. The number of para-hydroxylation sites is 1. The molecule has 0 aromatic heterocycles. The molecule has 3 heteroatoms. The Kier molecular flexibility index (Phi) is 2.19. The number of ether oxygens (including phenoxy) is 2. The van der Waals surface area contributed by atoms with Crippen molar-refractivity contribution in [2.45, 2.75) is 31.6 Å². The Balaban J connectivity index is 1.97. The first kappa shape index (κ1) is 10.1. The van der Waals surface area contributed by atoms with E-state index in [-0.39, 0.29) is 17.7 Å². The van der Waals surface area contributed by atoms with Crippen molar-refractivity contribution in [3.63, 3.8) is 0 Å². The third-order valence-corrected chi connectivity index (χ3v) is 3.25. The summed E-state index contributed by atoms with van der Waals surface area (Å²) in [6.07, 6.45) is 0.119. The quantitative estimate of drug-likeness (QED) is 0.722. The number of hydrogen-bond donors (Lipinski definition) is 1. The first-order chi connectivity index (χ1) is 7.66. The molecule has 0 amide bonds. The SMILES string of the molecule is CC1(C)CNC2COc3ccccc3C2O1. The van der Waals surface area contributed by atoms with Gasteiger partial charge >= 0.3 is 0 Å². The molecule has 16 heavy (non-hydrogen) atoms. The molecule has 0 spiro atoms. The van der Waals surface area contributed by atoms with E-state index in [1.807, 2.05) is 18.2 Å². The lowest BCUT2D eigenvalue weighted by molar-refractivity contribution is -0.130. The molecule has 0 radical (unpaired) electrons. The number of hydrogen-bond acceptors (Lipinski definition) is 3. The van der Waals surface area contributed by atoms with Gasteiger partial charge < -0.3 is 14.8 Å². The van der Waals surface area contributed by atoms with Crippen LogP contribution in [0.5, 0.6) is 5.75 Å². The molecule has 2 unspecified atom stereocenters. The van der Waals surface area contributed by atoms with Gasteiger partial charge in [0.05, 0.1) is 11.6 Å². The predicted octanol–water partition coefficient (Wildman–Crippen LogP) is 1.89. The average Bonchev–Trinajstić information content (AvgIpc) is 2.28. The standard InChI is InChI=1S/C13H17NO2/c1-13(2)8-14-10-7-15-11-6-4-3-5-9(11)12(10)16-13/h3-6,10,12,14H,7-8H2,1-2H3. The summed E-state index contributed by atoms with van der Waals surface area (Å²) in [5, 5.41) is 3.50. The second kappa shape index (κ2) is 3.47. The van der Waals surface area contributed by atoms with Crippen molar-refractivity contribution >= 4 is 0 Å². The molecule has 0 bridgehead atoms. The van der Waals surface area contributed by atoms with Crippen LogP contribution in [0.1, 0.15) is 25.5 Å². The molecule has 2 heterocycles. The Morgan fingerprint density at radius 1 is 1.31 bits per heavy atom. The van der Waals surface area contributed by atoms with E-state index in [1.54, 1.807) is 0 Å². The van der Waals surface area contributed by atoms with E-state index in [1.165, 1.54) is 5.56 Å². The maximum absolute atomic E-state index is 6.16. The molecule has 2 aliphatic rings. The van der Waals surface area contributed by atoms with Gasteiger partial charge in [-0.25, -0.2) is 0 Å². The first-order valence-corrected chi connectivity index (χ1v) is 5.79. The fourth-order valence-electron chi connectivity index (χ4n) is 2.40. The number of morpholine rings is 1. The van der Waals surface area contributed by atoms with Crippen LogP contribution in [0.2, 0.25) is 0 Å². The first-order valence-electron chi connectivity index (χ1n) is 5.79. The zero-order chi connectivity index (χ0) is 11.2. The second-order valence-electron chi connectivity index (χ2n) is 5.13. The lowest BCUT2D eigenvalue weighted by atomic mass is 9.94. The molecule has 1 aromatic rings. The molecule has 3 nitrogen and oxygen atoms in total. The molecular weight excluding hydrogens is 202 g/mol. The Morgan fingerprint density at radius 2 is 2.12 bits per heavy atom. The van der Waals surface area contributed by atoms with Crippen LogP contribution in [0, 0.1) is 0 Å². The van der Waals surface area contributed by atoms with E-state index in [9.17, 15) is 0 Å². The van der Waals surface area contributed by atoms with Crippen molar-refractivity contribution in [2.75, 3.05) is 13.2 Å². The highest BCUT2D eigenvalue weighted by Gasteiger charge is 2.40. The fraction of sp³-hybridized carbons (Fsp3) is 0.538. The monoisotopic (exact) mass is 219 g/mol. The molecule has 3 rings (SSSR count). The number of rotatable bonds is 0. The Bertz CT molecular complexity index is 403. The van der Waals surface area contributed by atoms with Crippen LogP contribution < -0.4 is 10.1 Å². The number of benzene rings is 1. The van der Waals surface area contributed by atoms with Crippen LogP contribution in [0.15, 0.2) is 24.3 Å². The summed E-state index contributed by atoms with van der Waals surface area (Å²) in [6, 6.07) is 8.42. The molecular formula is C13H17NO2. The third kappa shape index (κ3) is 1.60. The Morgan fingerprint density at radius 3 is 3.00 bits per heavy atom. The number of nitrogens with one attached hydrogen (secondary N) is 1. The van der Waals surface area contributed by atoms with E-state index < -0.39 is 0 Å². The molecule has 2 atom stereocenters. The summed E-state index contributed by atoms with van der Waals surface area (Å²) >= 11 is 0. The van der Waals surface area contributed by atoms with Gasteiger partial charge in [-0.15, -0.1) is 0 Å².